The third-order valence-electron chi connectivity index (χ3n) is 5.37. The number of rotatable bonds is 7. The zero-order valence-corrected chi connectivity index (χ0v) is 18.4. The van der Waals surface area contributed by atoms with Crippen LogP contribution in [0.3, 0.4) is 0 Å². The number of benzene rings is 2. The van der Waals surface area contributed by atoms with E-state index in [0.717, 1.165) is 40.3 Å². The molecule has 7 heteroatoms. The predicted octanol–water partition coefficient (Wildman–Crippen LogP) is 4.69. The van der Waals surface area contributed by atoms with Gasteiger partial charge in [0.15, 0.2) is 17.1 Å². The van der Waals surface area contributed by atoms with E-state index < -0.39 is 0 Å². The van der Waals surface area contributed by atoms with Gasteiger partial charge in [0.2, 0.25) is 5.75 Å². The molecule has 31 heavy (non-hydrogen) atoms. The molecular formula is C24H26N4O3. The summed E-state index contributed by atoms with van der Waals surface area (Å²) in [6, 6.07) is 14.0. The highest BCUT2D eigenvalue weighted by atomic mass is 16.5. The van der Waals surface area contributed by atoms with Crippen LogP contribution in [0.1, 0.15) is 12.5 Å². The van der Waals surface area contributed by atoms with Crippen LogP contribution in [-0.4, -0.2) is 43.0 Å². The average Bonchev–Trinajstić information content (AvgIpc) is 3.25. The Morgan fingerprint density at radius 3 is 2.26 bits per heavy atom. The van der Waals surface area contributed by atoms with Crippen LogP contribution in [0, 0.1) is 0 Å². The number of hydrogen-bond donors (Lipinski definition) is 1. The van der Waals surface area contributed by atoms with Crippen LogP contribution in [-0.2, 0) is 6.42 Å². The Morgan fingerprint density at radius 1 is 0.903 bits per heavy atom. The third kappa shape index (κ3) is 3.63. The molecule has 0 saturated carbocycles. The minimum absolute atomic E-state index is 0.551. The van der Waals surface area contributed by atoms with Crippen LogP contribution >= 0.6 is 0 Å². The summed E-state index contributed by atoms with van der Waals surface area (Å²) in [6.07, 6.45) is 2.79. The lowest BCUT2D eigenvalue weighted by molar-refractivity contribution is 0.324. The molecular weight excluding hydrogens is 392 g/mol. The van der Waals surface area contributed by atoms with Gasteiger partial charge in [0.25, 0.3) is 0 Å². The summed E-state index contributed by atoms with van der Waals surface area (Å²) in [4.78, 5) is 4.54. The number of aryl methyl sites for hydroxylation is 1. The van der Waals surface area contributed by atoms with E-state index in [-0.39, 0.29) is 0 Å². The predicted molar refractivity (Wildman–Crippen MR) is 122 cm³/mol. The van der Waals surface area contributed by atoms with Crippen molar-refractivity contribution in [3.05, 3.63) is 54.2 Å². The first-order valence-corrected chi connectivity index (χ1v) is 10.1. The van der Waals surface area contributed by atoms with Gasteiger partial charge in [-0.3, -0.25) is 0 Å². The van der Waals surface area contributed by atoms with Crippen molar-refractivity contribution in [2.24, 2.45) is 0 Å². The van der Waals surface area contributed by atoms with Gasteiger partial charge in [-0.15, -0.1) is 0 Å². The first-order chi connectivity index (χ1) is 15.1. The molecule has 0 aliphatic carbocycles. The second-order valence-corrected chi connectivity index (χ2v) is 7.02. The topological polar surface area (TPSA) is 69.9 Å². The lowest BCUT2D eigenvalue weighted by atomic mass is 10.0. The number of anilines is 1. The molecule has 0 saturated heterocycles. The van der Waals surface area contributed by atoms with E-state index in [1.807, 2.05) is 42.0 Å². The lowest BCUT2D eigenvalue weighted by Crippen LogP contribution is -2.00. The van der Waals surface area contributed by atoms with Gasteiger partial charge in [0.1, 0.15) is 0 Å². The van der Waals surface area contributed by atoms with E-state index in [4.69, 9.17) is 19.3 Å². The molecule has 0 amide bonds. The second kappa shape index (κ2) is 8.55. The van der Waals surface area contributed by atoms with E-state index in [1.54, 1.807) is 21.3 Å². The smallest absolute Gasteiger partial charge is 0.203 e. The van der Waals surface area contributed by atoms with Crippen molar-refractivity contribution in [1.29, 1.82) is 0 Å². The third-order valence-corrected chi connectivity index (χ3v) is 5.37. The summed E-state index contributed by atoms with van der Waals surface area (Å²) in [5.74, 6) is 1.72. The number of imidazole rings is 1. The SMILES string of the molecule is CCc1cc(-c2cnc3ccc(-c4cc(OC)c(OC)c(OC)c4)nn23)ccc1NC. The van der Waals surface area contributed by atoms with Crippen molar-refractivity contribution >= 4 is 11.3 Å². The molecule has 2 heterocycles. The van der Waals surface area contributed by atoms with Gasteiger partial charge >= 0.3 is 0 Å². The van der Waals surface area contributed by atoms with Crippen molar-refractivity contribution < 1.29 is 14.2 Å². The highest BCUT2D eigenvalue weighted by Gasteiger charge is 2.16. The van der Waals surface area contributed by atoms with E-state index in [0.29, 0.717) is 17.2 Å². The Hall–Kier alpha value is -3.74. The van der Waals surface area contributed by atoms with Crippen LogP contribution in [0.15, 0.2) is 48.7 Å². The molecule has 0 aliphatic rings. The summed E-state index contributed by atoms with van der Waals surface area (Å²) in [5.41, 5.74) is 6.78. The first kappa shape index (κ1) is 20.5. The fourth-order valence-corrected chi connectivity index (χ4v) is 3.74. The summed E-state index contributed by atoms with van der Waals surface area (Å²) < 4.78 is 18.3. The minimum Gasteiger partial charge on any atom is -0.493 e. The van der Waals surface area contributed by atoms with Gasteiger partial charge in [-0.2, -0.15) is 5.10 Å². The maximum Gasteiger partial charge on any atom is 0.203 e. The fourth-order valence-electron chi connectivity index (χ4n) is 3.74. The zero-order chi connectivity index (χ0) is 22.0. The first-order valence-electron chi connectivity index (χ1n) is 10.1. The Kier molecular flexibility index (Phi) is 5.66. The molecule has 0 atom stereocenters. The van der Waals surface area contributed by atoms with Gasteiger partial charge < -0.3 is 19.5 Å². The molecule has 2 aromatic heterocycles. The number of ether oxygens (including phenoxy) is 3. The maximum atomic E-state index is 5.50. The monoisotopic (exact) mass is 418 g/mol. The molecule has 4 rings (SSSR count). The van der Waals surface area contributed by atoms with Gasteiger partial charge in [-0.1, -0.05) is 13.0 Å². The Labute approximate surface area is 181 Å². The summed E-state index contributed by atoms with van der Waals surface area (Å²) >= 11 is 0. The molecule has 0 unspecified atom stereocenters. The van der Waals surface area contributed by atoms with E-state index in [9.17, 15) is 0 Å². The second-order valence-electron chi connectivity index (χ2n) is 7.02. The van der Waals surface area contributed by atoms with Crippen LogP contribution in [0.4, 0.5) is 5.69 Å². The number of nitrogens with one attached hydrogen (secondary N) is 1. The zero-order valence-electron chi connectivity index (χ0n) is 18.4. The normalized spacial score (nSPS) is 10.9. The minimum atomic E-state index is 0.551. The van der Waals surface area contributed by atoms with Crippen molar-refractivity contribution in [1.82, 2.24) is 14.6 Å². The highest BCUT2D eigenvalue weighted by molar-refractivity contribution is 5.71. The molecule has 0 aliphatic heterocycles. The molecule has 0 radical (unpaired) electrons. The molecule has 7 nitrogen and oxygen atoms in total. The largest absolute Gasteiger partial charge is 0.493 e. The Balaban J connectivity index is 1.85. The summed E-state index contributed by atoms with van der Waals surface area (Å²) in [6.45, 7) is 2.15. The molecule has 4 aromatic rings. The van der Waals surface area contributed by atoms with Crippen molar-refractivity contribution in [2.45, 2.75) is 13.3 Å². The summed E-state index contributed by atoms with van der Waals surface area (Å²) in [7, 11) is 6.73. The van der Waals surface area contributed by atoms with Gasteiger partial charge in [-0.25, -0.2) is 9.50 Å². The van der Waals surface area contributed by atoms with E-state index in [2.05, 4.69) is 35.4 Å². The fraction of sp³-hybridized carbons (Fsp3) is 0.250. The van der Waals surface area contributed by atoms with E-state index >= 15 is 0 Å². The van der Waals surface area contributed by atoms with Crippen molar-refractivity contribution in [2.75, 3.05) is 33.7 Å². The average molecular weight is 418 g/mol. The Morgan fingerprint density at radius 2 is 1.65 bits per heavy atom. The number of hydrogen-bond acceptors (Lipinski definition) is 6. The number of methoxy groups -OCH3 is 3. The van der Waals surface area contributed by atoms with Gasteiger partial charge in [0.05, 0.1) is 38.9 Å². The highest BCUT2D eigenvalue weighted by Crippen LogP contribution is 2.41. The molecule has 0 spiro atoms. The van der Waals surface area contributed by atoms with Crippen LogP contribution in [0.2, 0.25) is 0 Å². The molecule has 1 N–H and O–H groups in total. The molecule has 160 valence electrons. The number of fused-ring (bicyclic) bond motifs is 1. The quantitative estimate of drug-likeness (QED) is 0.469. The standard InChI is InChI=1S/C24H26N4O3/c1-6-15-11-16(7-8-18(15)25-2)20-14-26-23-10-9-19(27-28(20)23)17-12-21(29-3)24(31-5)22(13-17)30-4/h7-14,25H,6H2,1-5H3. The maximum absolute atomic E-state index is 5.50. The lowest BCUT2D eigenvalue weighted by Gasteiger charge is -2.14. The summed E-state index contributed by atoms with van der Waals surface area (Å²) in [5, 5.41) is 8.12. The van der Waals surface area contributed by atoms with Gasteiger partial charge in [-0.05, 0) is 48.4 Å². The van der Waals surface area contributed by atoms with Crippen LogP contribution in [0.5, 0.6) is 17.2 Å². The number of aromatic nitrogens is 3. The number of nitrogens with zero attached hydrogens (tertiary/aromatic N) is 3. The van der Waals surface area contributed by atoms with Crippen molar-refractivity contribution in [3.8, 4) is 39.8 Å². The Bertz CT molecular complexity index is 1210. The van der Waals surface area contributed by atoms with Crippen LogP contribution in [0.25, 0.3) is 28.2 Å². The van der Waals surface area contributed by atoms with Gasteiger partial charge in [0, 0.05) is 23.9 Å². The van der Waals surface area contributed by atoms with Crippen LogP contribution < -0.4 is 19.5 Å². The van der Waals surface area contributed by atoms with Crippen molar-refractivity contribution in [3.63, 3.8) is 0 Å². The van der Waals surface area contributed by atoms with E-state index in [1.165, 1.54) is 5.56 Å². The molecule has 2 aromatic carbocycles. The molecule has 0 bridgehead atoms. The molecule has 0 fully saturated rings.